The molecule has 0 saturated carbocycles. The smallest absolute Gasteiger partial charge is 0.262 e. The van der Waals surface area contributed by atoms with Crippen molar-refractivity contribution in [1.29, 1.82) is 0 Å². The van der Waals surface area contributed by atoms with Crippen LogP contribution in [0.4, 0.5) is 11.4 Å². The average molecular weight is 492 g/mol. The lowest BCUT2D eigenvalue weighted by atomic mass is 10.1. The fourth-order valence-electron chi connectivity index (χ4n) is 3.79. The summed E-state index contributed by atoms with van der Waals surface area (Å²) in [4.78, 5) is 38.9. The summed E-state index contributed by atoms with van der Waals surface area (Å²) in [5, 5.41) is 6.07. The molecule has 3 aromatic carbocycles. The van der Waals surface area contributed by atoms with Gasteiger partial charge < -0.3 is 20.3 Å². The van der Waals surface area contributed by atoms with Crippen molar-refractivity contribution >= 4 is 40.7 Å². The lowest BCUT2D eigenvalue weighted by molar-refractivity contribution is -0.126. The average Bonchev–Trinajstić information content (AvgIpc) is 3.25. The fraction of sp³-hybridized carbons (Fsp3) is 0.222. The summed E-state index contributed by atoms with van der Waals surface area (Å²) in [5.74, 6) is -0.491. The van der Waals surface area contributed by atoms with Crippen LogP contribution >= 0.6 is 11.6 Å². The summed E-state index contributed by atoms with van der Waals surface area (Å²) in [5.41, 5.74) is 3.37. The molecule has 0 bridgehead atoms. The van der Waals surface area contributed by atoms with Crippen LogP contribution in [0, 0.1) is 12.8 Å². The largest absolute Gasteiger partial charge is 0.484 e. The molecule has 1 heterocycles. The molecule has 3 amide bonds. The number of carbonyl (C=O) groups is 3. The monoisotopic (exact) mass is 491 g/mol. The van der Waals surface area contributed by atoms with E-state index in [-0.39, 0.29) is 30.7 Å². The van der Waals surface area contributed by atoms with Gasteiger partial charge in [0, 0.05) is 25.2 Å². The molecule has 0 aromatic heterocycles. The van der Waals surface area contributed by atoms with Gasteiger partial charge in [-0.3, -0.25) is 14.4 Å². The third-order valence-corrected chi connectivity index (χ3v) is 6.08. The number of aryl methyl sites for hydroxylation is 1. The van der Waals surface area contributed by atoms with Crippen molar-refractivity contribution in [3.05, 3.63) is 88.9 Å². The summed E-state index contributed by atoms with van der Waals surface area (Å²) in [6.07, 6.45) is 0.167. The van der Waals surface area contributed by atoms with E-state index in [1.807, 2.05) is 31.2 Å². The number of hydrogen-bond donors (Lipinski definition) is 2. The SMILES string of the molecule is Cc1ccc(CNC(=O)[C@H]2CC(=O)N(c3ccc(OCC(=O)Nc4ccccc4Cl)cc3)C2)cc1. The van der Waals surface area contributed by atoms with Gasteiger partial charge in [-0.2, -0.15) is 0 Å². The molecule has 1 atom stereocenters. The maximum Gasteiger partial charge on any atom is 0.262 e. The van der Waals surface area contributed by atoms with E-state index < -0.39 is 5.92 Å². The van der Waals surface area contributed by atoms with Gasteiger partial charge in [0.1, 0.15) is 5.75 Å². The molecule has 1 saturated heterocycles. The highest BCUT2D eigenvalue weighted by Crippen LogP contribution is 2.27. The third-order valence-electron chi connectivity index (χ3n) is 5.75. The molecule has 0 aliphatic carbocycles. The van der Waals surface area contributed by atoms with Crippen LogP contribution < -0.4 is 20.3 Å². The summed E-state index contributed by atoms with van der Waals surface area (Å²) in [6.45, 7) is 2.58. The maximum absolute atomic E-state index is 12.6. The zero-order valence-electron chi connectivity index (χ0n) is 19.3. The van der Waals surface area contributed by atoms with E-state index in [2.05, 4.69) is 10.6 Å². The van der Waals surface area contributed by atoms with E-state index in [0.29, 0.717) is 35.2 Å². The number of nitrogens with one attached hydrogen (secondary N) is 2. The van der Waals surface area contributed by atoms with E-state index in [1.165, 1.54) is 0 Å². The van der Waals surface area contributed by atoms with Gasteiger partial charge in [0.2, 0.25) is 11.8 Å². The van der Waals surface area contributed by atoms with Crippen LogP contribution in [0.25, 0.3) is 0 Å². The van der Waals surface area contributed by atoms with Gasteiger partial charge in [-0.15, -0.1) is 0 Å². The number of hydrogen-bond acceptors (Lipinski definition) is 4. The van der Waals surface area contributed by atoms with Gasteiger partial charge in [0.15, 0.2) is 6.61 Å². The van der Waals surface area contributed by atoms with Crippen LogP contribution in [0.1, 0.15) is 17.5 Å². The lowest BCUT2D eigenvalue weighted by Gasteiger charge is -2.17. The van der Waals surface area contributed by atoms with Crippen molar-refractivity contribution in [3.63, 3.8) is 0 Å². The number of nitrogens with zero attached hydrogens (tertiary/aromatic N) is 1. The Hall–Kier alpha value is -3.84. The Bertz CT molecular complexity index is 1210. The summed E-state index contributed by atoms with van der Waals surface area (Å²) >= 11 is 6.04. The van der Waals surface area contributed by atoms with Gasteiger partial charge >= 0.3 is 0 Å². The summed E-state index contributed by atoms with van der Waals surface area (Å²) < 4.78 is 5.54. The van der Waals surface area contributed by atoms with Crippen molar-refractivity contribution in [2.24, 2.45) is 5.92 Å². The maximum atomic E-state index is 12.6. The molecule has 1 aliphatic heterocycles. The lowest BCUT2D eigenvalue weighted by Crippen LogP contribution is -2.32. The molecule has 0 unspecified atom stereocenters. The van der Waals surface area contributed by atoms with Crippen LogP contribution in [-0.4, -0.2) is 30.9 Å². The minimum absolute atomic E-state index is 0.103. The quantitative estimate of drug-likeness (QED) is 0.491. The van der Waals surface area contributed by atoms with Gasteiger partial charge in [-0.25, -0.2) is 0 Å². The Morgan fingerprint density at radius 1 is 1.03 bits per heavy atom. The first kappa shape index (κ1) is 24.3. The van der Waals surface area contributed by atoms with Crippen LogP contribution in [0.15, 0.2) is 72.8 Å². The molecule has 180 valence electrons. The number of halogens is 1. The standard InChI is InChI=1S/C27H26ClN3O4/c1-18-6-8-19(9-7-18)15-29-27(34)20-14-26(33)31(16-20)21-10-12-22(13-11-21)35-17-25(32)30-24-5-3-2-4-23(24)28/h2-13,20H,14-17H2,1H3,(H,29,34)(H,30,32)/t20-/m0/s1. The Kier molecular flexibility index (Phi) is 7.67. The Morgan fingerprint density at radius 2 is 1.74 bits per heavy atom. The molecule has 3 aromatic rings. The number of carbonyl (C=O) groups excluding carboxylic acids is 3. The first-order valence-corrected chi connectivity index (χ1v) is 11.7. The highest BCUT2D eigenvalue weighted by molar-refractivity contribution is 6.33. The number of ether oxygens (including phenoxy) is 1. The summed E-state index contributed by atoms with van der Waals surface area (Å²) in [6, 6.07) is 21.8. The number of benzene rings is 3. The van der Waals surface area contributed by atoms with Crippen molar-refractivity contribution < 1.29 is 19.1 Å². The second-order valence-corrected chi connectivity index (χ2v) is 8.83. The first-order chi connectivity index (χ1) is 16.9. The number of amides is 3. The predicted octanol–water partition coefficient (Wildman–Crippen LogP) is 4.34. The van der Waals surface area contributed by atoms with E-state index in [1.54, 1.807) is 53.4 Å². The molecule has 4 rings (SSSR count). The second-order valence-electron chi connectivity index (χ2n) is 8.42. The molecule has 1 aliphatic rings. The Labute approximate surface area is 209 Å². The molecular formula is C27H26ClN3O4. The van der Waals surface area contributed by atoms with E-state index >= 15 is 0 Å². The van der Waals surface area contributed by atoms with Gasteiger partial charge in [0.25, 0.3) is 5.91 Å². The van der Waals surface area contributed by atoms with Gasteiger partial charge in [-0.1, -0.05) is 53.6 Å². The Balaban J connectivity index is 1.27. The minimum Gasteiger partial charge on any atom is -0.484 e. The zero-order chi connectivity index (χ0) is 24.8. The zero-order valence-corrected chi connectivity index (χ0v) is 20.0. The minimum atomic E-state index is -0.405. The topological polar surface area (TPSA) is 87.7 Å². The van der Waals surface area contributed by atoms with E-state index in [4.69, 9.17) is 16.3 Å². The second kappa shape index (κ2) is 11.1. The highest BCUT2D eigenvalue weighted by atomic mass is 35.5. The third kappa shape index (κ3) is 6.39. The molecule has 8 heteroatoms. The van der Waals surface area contributed by atoms with Crippen LogP contribution in [-0.2, 0) is 20.9 Å². The van der Waals surface area contributed by atoms with Gasteiger partial charge in [0.05, 0.1) is 16.6 Å². The molecule has 1 fully saturated rings. The fourth-order valence-corrected chi connectivity index (χ4v) is 3.98. The van der Waals surface area contributed by atoms with Crippen LogP contribution in [0.5, 0.6) is 5.75 Å². The van der Waals surface area contributed by atoms with Crippen molar-refractivity contribution in [2.75, 3.05) is 23.4 Å². The van der Waals surface area contributed by atoms with E-state index in [9.17, 15) is 14.4 Å². The number of para-hydroxylation sites is 1. The van der Waals surface area contributed by atoms with E-state index in [0.717, 1.165) is 11.1 Å². The van der Waals surface area contributed by atoms with Crippen molar-refractivity contribution in [2.45, 2.75) is 19.9 Å². The summed E-state index contributed by atoms with van der Waals surface area (Å²) in [7, 11) is 0. The highest BCUT2D eigenvalue weighted by Gasteiger charge is 2.35. The Morgan fingerprint density at radius 3 is 2.46 bits per heavy atom. The molecule has 7 nitrogen and oxygen atoms in total. The van der Waals surface area contributed by atoms with Gasteiger partial charge in [-0.05, 0) is 48.9 Å². The molecule has 35 heavy (non-hydrogen) atoms. The van der Waals surface area contributed by atoms with Crippen molar-refractivity contribution in [1.82, 2.24) is 5.32 Å². The first-order valence-electron chi connectivity index (χ1n) is 11.3. The van der Waals surface area contributed by atoms with Crippen molar-refractivity contribution in [3.8, 4) is 5.75 Å². The number of rotatable bonds is 8. The molecule has 0 radical (unpaired) electrons. The normalized spacial score (nSPS) is 15.1. The van der Waals surface area contributed by atoms with Crippen LogP contribution in [0.2, 0.25) is 5.02 Å². The van der Waals surface area contributed by atoms with Crippen LogP contribution in [0.3, 0.4) is 0 Å². The number of anilines is 2. The molecule has 0 spiro atoms. The molecular weight excluding hydrogens is 466 g/mol. The predicted molar refractivity (Wildman–Crippen MR) is 136 cm³/mol. The molecule has 2 N–H and O–H groups in total.